The van der Waals surface area contributed by atoms with Gasteiger partial charge in [0, 0.05) is 72.8 Å². The summed E-state index contributed by atoms with van der Waals surface area (Å²) in [6, 6.07) is 8.10. The molecule has 5 aliphatic heterocycles. The van der Waals surface area contributed by atoms with Crippen LogP contribution in [-0.4, -0.2) is 43.9 Å². The van der Waals surface area contributed by atoms with Gasteiger partial charge in [-0.15, -0.1) is 0 Å². The van der Waals surface area contributed by atoms with Crippen LogP contribution in [0.5, 0.6) is 11.5 Å². The van der Waals surface area contributed by atoms with Crippen molar-refractivity contribution >= 4 is 38.3 Å². The molecule has 11 heteroatoms. The second-order valence-corrected chi connectivity index (χ2v) is 19.1. The molecule has 6 N–H and O–H groups in total. The number of aromatic nitrogens is 2. The Hall–Kier alpha value is -3.81. The Morgan fingerprint density at radius 1 is 1.11 bits per heavy atom. The molecule has 0 radical (unpaired) electrons. The van der Waals surface area contributed by atoms with Crippen molar-refractivity contribution in [2.24, 2.45) is 17.1 Å². The number of aryl methyl sites for hydroxylation is 1. The summed E-state index contributed by atoms with van der Waals surface area (Å²) in [5.74, 6) is 13.0. The maximum Gasteiger partial charge on any atom is 0.191 e. The van der Waals surface area contributed by atoms with Crippen molar-refractivity contribution in [3.8, 4) is 35.4 Å². The molecule has 10 rings (SSSR count). The van der Waals surface area contributed by atoms with Gasteiger partial charge in [0.05, 0.1) is 29.1 Å². The molecular weight excluding hydrogens is 753 g/mol. The average molecular weight is 805 g/mol. The molecule has 0 amide bonds. The molecule has 57 heavy (non-hydrogen) atoms. The number of ketones is 1. The van der Waals surface area contributed by atoms with Crippen LogP contribution in [0.3, 0.4) is 0 Å². The second kappa shape index (κ2) is 16.4. The quantitative estimate of drug-likeness (QED) is 0.0647. The van der Waals surface area contributed by atoms with Gasteiger partial charge in [-0.3, -0.25) is 10.1 Å². The van der Waals surface area contributed by atoms with Gasteiger partial charge >= 0.3 is 0 Å². The molecule has 2 aromatic heterocycles. The van der Waals surface area contributed by atoms with Crippen molar-refractivity contribution < 1.29 is 24.5 Å². The number of H-pyrrole nitrogens is 1. The van der Waals surface area contributed by atoms with Gasteiger partial charge < -0.3 is 35.0 Å². The summed E-state index contributed by atoms with van der Waals surface area (Å²) in [4.78, 5) is 16.8. The molecule has 8 bridgehead atoms. The fourth-order valence-electron chi connectivity index (χ4n) is 9.80. The fourth-order valence-corrected chi connectivity index (χ4v) is 12.3. The highest BCUT2D eigenvalue weighted by molar-refractivity contribution is 8.76. The Morgan fingerprint density at radius 2 is 1.96 bits per heavy atom. The van der Waals surface area contributed by atoms with Crippen molar-refractivity contribution in [1.29, 1.82) is 0 Å². The molecule has 1 saturated carbocycles. The summed E-state index contributed by atoms with van der Waals surface area (Å²) in [6.07, 6.45) is 16.1. The molecule has 1 aliphatic carbocycles. The summed E-state index contributed by atoms with van der Waals surface area (Å²) in [5.41, 5.74) is 14.6. The van der Waals surface area contributed by atoms with Gasteiger partial charge in [0.1, 0.15) is 18.0 Å². The van der Waals surface area contributed by atoms with Crippen molar-refractivity contribution in [2.45, 2.75) is 120 Å². The topological polar surface area (TPSA) is 135 Å². The number of unbranched alkanes of at least 4 members (excludes halogenated alkanes) is 2. The van der Waals surface area contributed by atoms with Crippen LogP contribution in [0.15, 0.2) is 42.9 Å². The van der Waals surface area contributed by atoms with Crippen molar-refractivity contribution in [2.75, 3.05) is 12.3 Å². The van der Waals surface area contributed by atoms with Crippen LogP contribution in [-0.2, 0) is 23.4 Å². The number of carbonyl (C=O) groups is 1. The van der Waals surface area contributed by atoms with Gasteiger partial charge in [-0.25, -0.2) is 0 Å². The first-order chi connectivity index (χ1) is 27.8. The van der Waals surface area contributed by atoms with Crippen LogP contribution in [0.2, 0.25) is 0 Å². The normalized spacial score (nSPS) is 24.8. The van der Waals surface area contributed by atoms with Crippen molar-refractivity contribution in [1.82, 2.24) is 14.9 Å². The van der Waals surface area contributed by atoms with E-state index >= 15 is 0 Å². The number of hydrogen-bond acceptors (Lipinski definition) is 9. The largest absolute Gasteiger partial charge is 0.465 e. The van der Waals surface area contributed by atoms with Crippen LogP contribution in [0.25, 0.3) is 10.9 Å². The summed E-state index contributed by atoms with van der Waals surface area (Å²) >= 11 is 0. The minimum Gasteiger partial charge on any atom is -0.465 e. The highest BCUT2D eigenvalue weighted by atomic mass is 33.1. The van der Waals surface area contributed by atoms with Gasteiger partial charge in [0.25, 0.3) is 0 Å². The number of Topliss-reactive ketones (excluding diaryl/α,β-unsaturated/α-hetero) is 1. The van der Waals surface area contributed by atoms with Crippen LogP contribution < -0.4 is 20.5 Å². The molecule has 1 fully saturated rings. The number of aliphatic hydroxyl groups excluding tert-OH is 2. The van der Waals surface area contributed by atoms with Crippen molar-refractivity contribution in [3.63, 3.8) is 0 Å². The Labute approximate surface area is 343 Å². The monoisotopic (exact) mass is 804 g/mol. The first-order valence-corrected chi connectivity index (χ1v) is 23.3. The highest BCUT2D eigenvalue weighted by Gasteiger charge is 2.47. The predicted octanol–water partition coefficient (Wildman–Crippen LogP) is 8.09. The number of hydrogen-bond donors (Lipinski definition) is 5. The number of fused-ring (bicyclic) bond motifs is 4. The van der Waals surface area contributed by atoms with E-state index in [0.717, 1.165) is 102 Å². The number of nitrogens with two attached hydrogens (primary N) is 1. The summed E-state index contributed by atoms with van der Waals surface area (Å²) in [5, 5.41) is 27.4. The number of carbonyl (C=O) groups excluding carboxylic acids is 1. The zero-order valence-electron chi connectivity index (χ0n) is 32.6. The Kier molecular flexibility index (Phi) is 11.2. The smallest absolute Gasteiger partial charge is 0.191 e. The summed E-state index contributed by atoms with van der Waals surface area (Å²) in [7, 11) is 3.59. The Bertz CT molecular complexity index is 2290. The standard InChI is InChI=1S/C46H52N4O5S2/c1-2-3-4-7-31(51)21-32(52)10-8-28-9-15-41-43-37(28)27-57-56-26-30-23-49-44(47)34-12-11-33-35(42(30)34)20-29-22-48-39-25-50(24-36(29)39)45(55-43)38(13-14-40(33)53)46(18-19-54-41)16-5-6-17-46/h9,11-12,15,22,24-25,30-31,38,40,44-45,48-49,51,53H,2-8,10,16-17,20-21,23,26-27,47H2,1H3/t30-,31+,38-,40+,44-,45-/m0/s1. The molecule has 1 spiro atoms. The zero-order chi connectivity index (χ0) is 39.1. The number of nitrogens with zero attached hydrogens (tertiary/aromatic N) is 1. The SMILES string of the molecule is CCCCC[C@@H](O)CC(=O)CCc1ccc2c3c1CSSC[C@@H]1CN[C@H](N)c4ccc5c(c41)Cc1c[nH]c4cn(cc14)[C@@H](O3)[C@H](C#C[C@H]5O)C1(C#CO2)CCCC1. The molecule has 298 valence electrons. The van der Waals surface area contributed by atoms with E-state index in [-0.39, 0.29) is 24.3 Å². The first-order valence-electron chi connectivity index (χ1n) is 20.8. The van der Waals surface area contributed by atoms with Gasteiger partial charge in [0.15, 0.2) is 17.7 Å². The minimum atomic E-state index is -1.02. The fraction of sp³-hybridized carbons (Fsp3) is 0.500. The second-order valence-electron chi connectivity index (χ2n) is 16.6. The van der Waals surface area contributed by atoms with E-state index in [9.17, 15) is 15.0 Å². The molecular formula is C46H52N4O5S2. The number of ether oxygens (including phenoxy) is 2. The lowest BCUT2D eigenvalue weighted by atomic mass is 9.73. The zero-order valence-corrected chi connectivity index (χ0v) is 34.2. The van der Waals surface area contributed by atoms with Crippen LogP contribution in [0, 0.1) is 35.2 Å². The molecule has 6 atom stereocenters. The summed E-state index contributed by atoms with van der Waals surface area (Å²) in [6.45, 7) is 2.86. The molecule has 0 unspecified atom stereocenters. The van der Waals surface area contributed by atoms with Crippen LogP contribution in [0.4, 0.5) is 0 Å². The number of nitrogens with one attached hydrogen (secondary N) is 2. The van der Waals surface area contributed by atoms with E-state index in [4.69, 9.17) is 15.2 Å². The third-order valence-electron chi connectivity index (χ3n) is 12.9. The van der Waals surface area contributed by atoms with Crippen molar-refractivity contribution in [3.05, 3.63) is 81.8 Å². The minimum absolute atomic E-state index is 0.0625. The summed E-state index contributed by atoms with van der Waals surface area (Å²) < 4.78 is 15.9. The molecule has 9 nitrogen and oxygen atoms in total. The van der Waals surface area contributed by atoms with Gasteiger partial charge in [-0.05, 0) is 65.1 Å². The number of rotatable bonds is 9. The van der Waals surface area contributed by atoms with E-state index in [1.807, 2.05) is 22.9 Å². The lowest BCUT2D eigenvalue weighted by molar-refractivity contribution is -0.121. The lowest BCUT2D eigenvalue weighted by Crippen LogP contribution is -2.39. The van der Waals surface area contributed by atoms with E-state index in [1.54, 1.807) is 10.8 Å². The number of aromatic amines is 1. The molecule has 6 aliphatic rings. The molecule has 7 heterocycles. The van der Waals surface area contributed by atoms with Gasteiger partial charge in [0.2, 0.25) is 0 Å². The molecule has 2 aromatic carbocycles. The number of aliphatic hydroxyl groups is 2. The predicted molar refractivity (Wildman–Crippen MR) is 227 cm³/mol. The van der Waals surface area contributed by atoms with E-state index in [1.165, 1.54) is 5.56 Å². The lowest BCUT2D eigenvalue weighted by Gasteiger charge is -2.36. The highest BCUT2D eigenvalue weighted by Crippen LogP contribution is 2.52. The maximum atomic E-state index is 13.3. The first kappa shape index (κ1) is 38.7. The third kappa shape index (κ3) is 7.52. The Balaban J connectivity index is 1.21. The molecule has 4 aromatic rings. The molecule has 0 saturated heterocycles. The van der Waals surface area contributed by atoms with E-state index < -0.39 is 29.8 Å². The van der Waals surface area contributed by atoms with E-state index in [0.29, 0.717) is 42.9 Å². The average Bonchev–Trinajstić information content (AvgIpc) is 3.95. The Morgan fingerprint density at radius 3 is 2.82 bits per heavy atom. The van der Waals surface area contributed by atoms with Gasteiger partial charge in [-0.1, -0.05) is 96.6 Å². The van der Waals surface area contributed by atoms with E-state index in [2.05, 4.69) is 76.4 Å². The van der Waals surface area contributed by atoms with Gasteiger partial charge in [-0.2, -0.15) is 0 Å². The van der Waals surface area contributed by atoms with Crippen LogP contribution in [0.1, 0.15) is 134 Å². The number of benzene rings is 2. The third-order valence-corrected chi connectivity index (χ3v) is 15.3. The van der Waals surface area contributed by atoms with Crippen LogP contribution >= 0.6 is 21.6 Å². The maximum absolute atomic E-state index is 13.3.